The quantitative estimate of drug-likeness (QED) is 0.602. The Morgan fingerprint density at radius 3 is 2.75 bits per heavy atom. The molecule has 1 aromatic rings. The molecule has 0 spiro atoms. The Balaban J connectivity index is 1.95. The van der Waals surface area contributed by atoms with Gasteiger partial charge in [0.2, 0.25) is 11.6 Å². The Bertz CT molecular complexity index is 917. The first-order valence-electron chi connectivity index (χ1n) is 7.81. The summed E-state index contributed by atoms with van der Waals surface area (Å²) in [5.74, 6) is -1.29. The van der Waals surface area contributed by atoms with Crippen LogP contribution >= 0.6 is 11.8 Å². The average Bonchev–Trinajstić information content (AvgIpc) is 2.57. The molecule has 4 heteroatoms. The van der Waals surface area contributed by atoms with Crippen molar-refractivity contribution in [3.63, 3.8) is 0 Å². The van der Waals surface area contributed by atoms with Gasteiger partial charge in [-0.05, 0) is 30.2 Å². The molecule has 2 aliphatic carbocycles. The van der Waals surface area contributed by atoms with E-state index in [2.05, 4.69) is 11.6 Å². The van der Waals surface area contributed by atoms with Crippen molar-refractivity contribution in [1.82, 2.24) is 0 Å². The minimum absolute atomic E-state index is 0.0770. The lowest BCUT2D eigenvalue weighted by Crippen LogP contribution is -2.34. The highest BCUT2D eigenvalue weighted by atomic mass is 32.2. The summed E-state index contributed by atoms with van der Waals surface area (Å²) >= 11 is 1.51. The first-order valence-corrected chi connectivity index (χ1v) is 8.63. The number of aliphatic imine (C=N–C) groups is 1. The molecule has 118 valence electrons. The number of ketones is 2. The van der Waals surface area contributed by atoms with Crippen molar-refractivity contribution < 1.29 is 9.59 Å². The number of Topliss-reactive ketones (excluding diaryl/α,β-unsaturated/α-hetero) is 2. The number of nitrogens with zero attached hydrogens (tertiary/aromatic N) is 1. The molecule has 1 heterocycles. The number of benzene rings is 1. The van der Waals surface area contributed by atoms with Crippen LogP contribution < -0.4 is 0 Å². The third-order valence-corrected chi connectivity index (χ3v) is 5.67. The molecule has 0 fully saturated rings. The van der Waals surface area contributed by atoms with Gasteiger partial charge in [0, 0.05) is 20.9 Å². The Morgan fingerprint density at radius 2 is 2.04 bits per heavy atom. The molecular weight excluding hydrogens is 318 g/mol. The van der Waals surface area contributed by atoms with Gasteiger partial charge in [-0.25, -0.2) is 4.99 Å². The maximum atomic E-state index is 12.8. The van der Waals surface area contributed by atoms with Crippen LogP contribution in [-0.4, -0.2) is 17.3 Å². The Labute approximate surface area is 144 Å². The molecule has 1 aliphatic heterocycles. The second-order valence-corrected chi connectivity index (χ2v) is 7.12. The zero-order chi connectivity index (χ0) is 16.8. The summed E-state index contributed by atoms with van der Waals surface area (Å²) in [5.41, 5.74) is 2.91. The molecule has 2 unspecified atom stereocenters. The van der Waals surface area contributed by atoms with Gasteiger partial charge < -0.3 is 0 Å². The van der Waals surface area contributed by atoms with Crippen molar-refractivity contribution in [2.45, 2.75) is 11.8 Å². The fourth-order valence-corrected chi connectivity index (χ4v) is 4.14. The number of hydrogen-bond donors (Lipinski definition) is 0. The van der Waals surface area contributed by atoms with E-state index in [4.69, 9.17) is 0 Å². The average molecular weight is 333 g/mol. The van der Waals surface area contributed by atoms with E-state index in [1.54, 1.807) is 6.08 Å². The van der Waals surface area contributed by atoms with Gasteiger partial charge in [-0.1, -0.05) is 43.0 Å². The van der Waals surface area contributed by atoms with E-state index in [1.807, 2.05) is 49.4 Å². The maximum Gasteiger partial charge on any atom is 0.231 e. The first kappa shape index (κ1) is 15.1. The molecule has 0 N–H and O–H groups in total. The van der Waals surface area contributed by atoms with Gasteiger partial charge in [0.05, 0.1) is 17.3 Å². The number of para-hydroxylation sites is 1. The number of hydrogen-bond acceptors (Lipinski definition) is 4. The third kappa shape index (κ3) is 2.18. The highest BCUT2D eigenvalue weighted by Gasteiger charge is 2.39. The molecule has 1 aromatic carbocycles. The molecule has 0 aromatic heterocycles. The van der Waals surface area contributed by atoms with Gasteiger partial charge >= 0.3 is 0 Å². The fraction of sp³-hybridized carbons (Fsp3) is 0.150. The number of carbonyl (C=O) groups excluding carboxylic acids is 2. The molecular formula is C20H15NO2S. The normalized spacial score (nSPS) is 23.0. The van der Waals surface area contributed by atoms with Crippen LogP contribution in [0.15, 0.2) is 81.1 Å². The van der Waals surface area contributed by atoms with E-state index in [0.29, 0.717) is 5.57 Å². The molecule has 3 nitrogen and oxygen atoms in total. The smallest absolute Gasteiger partial charge is 0.231 e. The van der Waals surface area contributed by atoms with Crippen molar-refractivity contribution in [1.29, 1.82) is 0 Å². The highest BCUT2D eigenvalue weighted by molar-refractivity contribution is 8.03. The van der Waals surface area contributed by atoms with Gasteiger partial charge in [-0.15, -0.1) is 6.58 Å². The number of allylic oxidation sites excluding steroid dienone is 6. The summed E-state index contributed by atoms with van der Waals surface area (Å²) in [6, 6.07) is 7.85. The van der Waals surface area contributed by atoms with Crippen LogP contribution in [-0.2, 0) is 9.59 Å². The predicted octanol–water partition coefficient (Wildman–Crippen LogP) is 4.21. The van der Waals surface area contributed by atoms with Crippen LogP contribution in [0.2, 0.25) is 0 Å². The third-order valence-electron chi connectivity index (χ3n) is 4.55. The van der Waals surface area contributed by atoms with E-state index in [1.165, 1.54) is 11.8 Å². The SMILES string of the molecule is C=CC(C)C1C=C2Sc3ccccc3N=C3C=CC3=C2C(=O)C1=O. The van der Waals surface area contributed by atoms with Crippen LogP contribution in [0.5, 0.6) is 0 Å². The predicted molar refractivity (Wildman–Crippen MR) is 96.5 cm³/mol. The lowest BCUT2D eigenvalue weighted by Gasteiger charge is -2.28. The van der Waals surface area contributed by atoms with E-state index in [9.17, 15) is 9.59 Å². The summed E-state index contributed by atoms with van der Waals surface area (Å²) in [5, 5.41) is 0. The number of thioether (sulfide) groups is 1. The Hall–Kier alpha value is -2.46. The minimum atomic E-state index is -0.446. The summed E-state index contributed by atoms with van der Waals surface area (Å²) < 4.78 is 0. The van der Waals surface area contributed by atoms with Crippen molar-refractivity contribution in [2.75, 3.05) is 0 Å². The van der Waals surface area contributed by atoms with Crippen molar-refractivity contribution in [3.8, 4) is 0 Å². The van der Waals surface area contributed by atoms with Gasteiger partial charge in [0.15, 0.2) is 0 Å². The van der Waals surface area contributed by atoms with E-state index in [-0.39, 0.29) is 11.7 Å². The van der Waals surface area contributed by atoms with Crippen molar-refractivity contribution in [3.05, 3.63) is 71.2 Å². The minimum Gasteiger partial charge on any atom is -0.290 e. The van der Waals surface area contributed by atoms with Gasteiger partial charge in [0.1, 0.15) is 0 Å². The molecule has 24 heavy (non-hydrogen) atoms. The van der Waals surface area contributed by atoms with Gasteiger partial charge in [-0.2, -0.15) is 0 Å². The summed E-state index contributed by atoms with van der Waals surface area (Å²) in [7, 11) is 0. The lowest BCUT2D eigenvalue weighted by atomic mass is 9.79. The molecule has 3 aliphatic rings. The molecule has 0 bridgehead atoms. The monoisotopic (exact) mass is 333 g/mol. The number of rotatable bonds is 2. The highest BCUT2D eigenvalue weighted by Crippen LogP contribution is 2.45. The van der Waals surface area contributed by atoms with Crippen LogP contribution in [0.25, 0.3) is 0 Å². The zero-order valence-electron chi connectivity index (χ0n) is 13.2. The molecule has 0 saturated heterocycles. The molecule has 4 rings (SSSR count). The van der Waals surface area contributed by atoms with Gasteiger partial charge in [0.25, 0.3) is 0 Å². The molecule has 0 amide bonds. The Morgan fingerprint density at radius 1 is 1.25 bits per heavy atom. The van der Waals surface area contributed by atoms with Crippen LogP contribution in [0.4, 0.5) is 5.69 Å². The van der Waals surface area contributed by atoms with E-state index >= 15 is 0 Å². The molecule has 0 saturated carbocycles. The van der Waals surface area contributed by atoms with Crippen LogP contribution in [0, 0.1) is 11.8 Å². The van der Waals surface area contributed by atoms with E-state index in [0.717, 1.165) is 26.8 Å². The number of fused-ring (bicyclic) bond motifs is 3. The zero-order valence-corrected chi connectivity index (χ0v) is 14.0. The summed E-state index contributed by atoms with van der Waals surface area (Å²) in [6.45, 7) is 5.68. The second-order valence-electron chi connectivity index (χ2n) is 6.03. The summed E-state index contributed by atoms with van der Waals surface area (Å²) in [6.07, 6.45) is 7.39. The molecule has 2 atom stereocenters. The first-order chi connectivity index (χ1) is 11.6. The standard InChI is InChI=1S/C20H15NO2S/c1-3-11(2)13-10-17-18(20(23)19(13)22)12-8-9-14(12)21-15-6-4-5-7-16(15)24-17/h3-11,13H,1H2,2H3. The lowest BCUT2D eigenvalue weighted by molar-refractivity contribution is -0.136. The molecule has 0 radical (unpaired) electrons. The topological polar surface area (TPSA) is 46.5 Å². The van der Waals surface area contributed by atoms with Crippen molar-refractivity contribution >= 4 is 34.7 Å². The second kappa shape index (κ2) is 5.56. The summed E-state index contributed by atoms with van der Waals surface area (Å²) in [4.78, 5) is 31.8. The Kier molecular flexibility index (Phi) is 3.50. The number of carbonyl (C=O) groups is 2. The fourth-order valence-electron chi connectivity index (χ4n) is 3.02. The maximum absolute atomic E-state index is 12.8. The van der Waals surface area contributed by atoms with Crippen LogP contribution in [0.3, 0.4) is 0 Å². The largest absolute Gasteiger partial charge is 0.290 e. The van der Waals surface area contributed by atoms with Crippen LogP contribution in [0.1, 0.15) is 6.92 Å². The van der Waals surface area contributed by atoms with Crippen molar-refractivity contribution in [2.24, 2.45) is 16.8 Å². The van der Waals surface area contributed by atoms with Gasteiger partial charge in [-0.3, -0.25) is 9.59 Å². The van der Waals surface area contributed by atoms with E-state index < -0.39 is 11.7 Å².